The van der Waals surface area contributed by atoms with Crippen LogP contribution in [-0.2, 0) is 9.53 Å². The fourth-order valence-electron chi connectivity index (χ4n) is 2.99. The first-order valence-electron chi connectivity index (χ1n) is 7.89. The summed E-state index contributed by atoms with van der Waals surface area (Å²) < 4.78 is 6.94. The van der Waals surface area contributed by atoms with Crippen molar-refractivity contribution in [3.8, 4) is 11.3 Å². The lowest BCUT2D eigenvalue weighted by Crippen LogP contribution is -2.10. The van der Waals surface area contributed by atoms with E-state index >= 15 is 0 Å². The van der Waals surface area contributed by atoms with E-state index in [9.17, 15) is 4.79 Å². The van der Waals surface area contributed by atoms with Crippen LogP contribution in [0, 0.1) is 13.8 Å². The highest BCUT2D eigenvalue weighted by Gasteiger charge is 2.30. The molecule has 1 aliphatic heterocycles. The second-order valence-electron chi connectivity index (χ2n) is 5.90. The molecule has 0 aliphatic carbocycles. The lowest BCUT2D eigenvalue weighted by atomic mass is 10.1. The summed E-state index contributed by atoms with van der Waals surface area (Å²) in [5, 5.41) is 5.16. The minimum atomic E-state index is -0.207. The maximum Gasteiger partial charge on any atom is 0.319 e. The van der Waals surface area contributed by atoms with Crippen LogP contribution in [0.4, 0.5) is 0 Å². The van der Waals surface area contributed by atoms with Crippen molar-refractivity contribution in [2.45, 2.75) is 30.7 Å². The number of esters is 1. The number of hydrogen-bond acceptors (Lipinski definition) is 5. The molecule has 0 amide bonds. The highest BCUT2D eigenvalue weighted by atomic mass is 32.2. The number of aromatic nitrogens is 3. The quantitative estimate of drug-likeness (QED) is 0.684. The van der Waals surface area contributed by atoms with Crippen LogP contribution in [0.5, 0.6) is 0 Å². The van der Waals surface area contributed by atoms with Gasteiger partial charge in [0.1, 0.15) is 5.25 Å². The van der Waals surface area contributed by atoms with Crippen molar-refractivity contribution in [1.82, 2.24) is 14.6 Å². The molecule has 1 aliphatic rings. The molecule has 2 aromatic heterocycles. The summed E-state index contributed by atoms with van der Waals surface area (Å²) in [5.41, 5.74) is 4.97. The third-order valence-corrected chi connectivity index (χ3v) is 5.25. The van der Waals surface area contributed by atoms with Crippen LogP contribution < -0.4 is 0 Å². The molecule has 5 nitrogen and oxygen atoms in total. The van der Waals surface area contributed by atoms with E-state index in [4.69, 9.17) is 9.72 Å². The summed E-state index contributed by atoms with van der Waals surface area (Å²) in [6.07, 6.45) is 0.712. The molecule has 6 heteroatoms. The van der Waals surface area contributed by atoms with Gasteiger partial charge in [-0.2, -0.15) is 5.10 Å². The van der Waals surface area contributed by atoms with Crippen molar-refractivity contribution in [1.29, 1.82) is 0 Å². The number of hydrogen-bond donors (Lipinski definition) is 0. The van der Waals surface area contributed by atoms with Gasteiger partial charge < -0.3 is 4.74 Å². The van der Waals surface area contributed by atoms with E-state index in [-0.39, 0.29) is 11.2 Å². The number of cyclic esters (lactones) is 1. The van der Waals surface area contributed by atoms with Crippen LogP contribution in [0.2, 0.25) is 0 Å². The Morgan fingerprint density at radius 1 is 1.25 bits per heavy atom. The summed E-state index contributed by atoms with van der Waals surface area (Å²) in [6, 6.07) is 12.1. The van der Waals surface area contributed by atoms with Gasteiger partial charge >= 0.3 is 5.97 Å². The molecule has 1 unspecified atom stereocenters. The van der Waals surface area contributed by atoms with Crippen molar-refractivity contribution >= 4 is 23.2 Å². The molecule has 0 N–H and O–H groups in total. The molecule has 1 atom stereocenters. The summed E-state index contributed by atoms with van der Waals surface area (Å²) in [4.78, 5) is 16.6. The van der Waals surface area contributed by atoms with Gasteiger partial charge in [-0.05, 0) is 25.5 Å². The van der Waals surface area contributed by atoms with Gasteiger partial charge in [-0.3, -0.25) is 4.79 Å². The summed E-state index contributed by atoms with van der Waals surface area (Å²) in [5.74, 6) is -0.164. The predicted octanol–water partition coefficient (Wildman–Crippen LogP) is 3.42. The van der Waals surface area contributed by atoms with Gasteiger partial charge in [0.15, 0.2) is 5.16 Å². The zero-order valence-corrected chi connectivity index (χ0v) is 14.3. The summed E-state index contributed by atoms with van der Waals surface area (Å²) >= 11 is 1.44. The molecule has 122 valence electrons. The molecule has 1 saturated heterocycles. The number of imidazole rings is 1. The predicted molar refractivity (Wildman–Crippen MR) is 93.1 cm³/mol. The zero-order chi connectivity index (χ0) is 16.7. The molecule has 0 bridgehead atoms. The minimum absolute atomic E-state index is 0.164. The smallest absolute Gasteiger partial charge is 0.319 e. The normalized spacial score (nSPS) is 17.4. The molecule has 24 heavy (non-hydrogen) atoms. The van der Waals surface area contributed by atoms with Crippen LogP contribution in [0.1, 0.15) is 17.7 Å². The highest BCUT2D eigenvalue weighted by Crippen LogP contribution is 2.34. The average molecular weight is 339 g/mol. The van der Waals surface area contributed by atoms with E-state index in [2.05, 4.69) is 18.1 Å². The summed E-state index contributed by atoms with van der Waals surface area (Å²) in [6.45, 7) is 4.51. The van der Waals surface area contributed by atoms with Gasteiger partial charge in [0, 0.05) is 12.0 Å². The number of nitrogens with zero attached hydrogens (tertiary/aromatic N) is 3. The van der Waals surface area contributed by atoms with E-state index in [1.54, 1.807) is 0 Å². The van der Waals surface area contributed by atoms with Crippen molar-refractivity contribution in [2.75, 3.05) is 6.61 Å². The van der Waals surface area contributed by atoms with Gasteiger partial charge in [-0.25, -0.2) is 9.50 Å². The minimum Gasteiger partial charge on any atom is -0.465 e. The van der Waals surface area contributed by atoms with E-state index < -0.39 is 0 Å². The van der Waals surface area contributed by atoms with Crippen molar-refractivity contribution in [3.05, 3.63) is 47.7 Å². The molecule has 3 heterocycles. The van der Waals surface area contributed by atoms with E-state index in [1.165, 1.54) is 11.8 Å². The molecule has 3 aromatic rings. The summed E-state index contributed by atoms with van der Waals surface area (Å²) in [7, 11) is 0. The van der Waals surface area contributed by atoms with Gasteiger partial charge in [-0.15, -0.1) is 0 Å². The first kappa shape index (κ1) is 15.2. The van der Waals surface area contributed by atoms with Gasteiger partial charge in [0.05, 0.1) is 23.5 Å². The fraction of sp³-hybridized carbons (Fsp3) is 0.278. The second kappa shape index (κ2) is 5.94. The fourth-order valence-corrected chi connectivity index (χ4v) is 4.00. The first-order chi connectivity index (χ1) is 11.6. The third kappa shape index (κ3) is 2.57. The van der Waals surface area contributed by atoms with E-state index in [1.807, 2.05) is 41.8 Å². The standard InChI is InChI=1S/C18H17N3O2S/c1-11-10-12(2)20-21-16(11)15(13-6-4-3-5-7-13)19-18(21)24-14-8-9-23-17(14)22/h3-7,10,14H,8-9H2,1-2H3. The average Bonchev–Trinajstić information content (AvgIpc) is 3.13. The van der Waals surface area contributed by atoms with Crippen LogP contribution in [0.3, 0.4) is 0 Å². The molecule has 1 fully saturated rings. The first-order valence-corrected chi connectivity index (χ1v) is 8.77. The number of fused-ring (bicyclic) bond motifs is 1. The topological polar surface area (TPSA) is 56.5 Å². The van der Waals surface area contributed by atoms with Crippen LogP contribution in [0.25, 0.3) is 16.8 Å². The zero-order valence-electron chi connectivity index (χ0n) is 13.5. The largest absolute Gasteiger partial charge is 0.465 e. The molecule has 0 radical (unpaired) electrons. The number of aryl methyl sites for hydroxylation is 2. The Hall–Kier alpha value is -2.34. The van der Waals surface area contributed by atoms with Crippen molar-refractivity contribution in [2.24, 2.45) is 0 Å². The maximum atomic E-state index is 11.8. The molecule has 0 spiro atoms. The number of carbonyl (C=O) groups excluding carboxylic acids is 1. The van der Waals surface area contributed by atoms with Crippen molar-refractivity contribution in [3.63, 3.8) is 0 Å². The van der Waals surface area contributed by atoms with Gasteiger partial charge in [-0.1, -0.05) is 42.1 Å². The van der Waals surface area contributed by atoms with Crippen molar-refractivity contribution < 1.29 is 9.53 Å². The monoisotopic (exact) mass is 339 g/mol. The second-order valence-corrected chi connectivity index (χ2v) is 7.07. The SMILES string of the molecule is Cc1cc(C)c2c(-c3ccccc3)nc(SC3CCOC3=O)n2n1. The number of rotatable bonds is 3. The van der Waals surface area contributed by atoms with E-state index in [0.29, 0.717) is 13.0 Å². The number of thioether (sulfide) groups is 1. The van der Waals surface area contributed by atoms with Crippen LogP contribution in [0.15, 0.2) is 41.6 Å². The van der Waals surface area contributed by atoms with E-state index in [0.717, 1.165) is 33.2 Å². The lowest BCUT2D eigenvalue weighted by molar-refractivity contribution is -0.137. The molecular weight excluding hydrogens is 322 g/mol. The Labute approximate surface area is 144 Å². The van der Waals surface area contributed by atoms with Gasteiger partial charge in [0.2, 0.25) is 0 Å². The Bertz CT molecular complexity index is 921. The van der Waals surface area contributed by atoms with Gasteiger partial charge in [0.25, 0.3) is 0 Å². The Kier molecular flexibility index (Phi) is 3.76. The number of carbonyl (C=O) groups is 1. The lowest BCUT2D eigenvalue weighted by Gasteiger charge is -2.06. The molecule has 4 rings (SSSR count). The Morgan fingerprint density at radius 2 is 2.04 bits per heavy atom. The molecule has 1 aromatic carbocycles. The number of benzene rings is 1. The number of ether oxygens (including phenoxy) is 1. The Balaban J connectivity index is 1.89. The Morgan fingerprint density at radius 3 is 2.75 bits per heavy atom. The third-order valence-electron chi connectivity index (χ3n) is 4.06. The highest BCUT2D eigenvalue weighted by molar-refractivity contribution is 8.00. The maximum absolute atomic E-state index is 11.8. The molecular formula is C18H17N3O2S. The molecule has 0 saturated carbocycles. The van der Waals surface area contributed by atoms with Crippen LogP contribution >= 0.6 is 11.8 Å². The van der Waals surface area contributed by atoms with Crippen LogP contribution in [-0.4, -0.2) is 32.4 Å².